The molecule has 2 aromatic rings. The van der Waals surface area contributed by atoms with Crippen LogP contribution in [0.4, 0.5) is 13.2 Å². The van der Waals surface area contributed by atoms with Crippen molar-refractivity contribution in [3.8, 4) is 0 Å². The van der Waals surface area contributed by atoms with Gasteiger partial charge in [0, 0.05) is 11.9 Å². The number of hydrogen-bond acceptors (Lipinski definition) is 4. The van der Waals surface area contributed by atoms with E-state index in [1.165, 1.54) is 34.4 Å². The molecule has 0 aliphatic carbocycles. The van der Waals surface area contributed by atoms with E-state index in [9.17, 15) is 23.1 Å². The molecule has 21 heavy (non-hydrogen) atoms. The van der Waals surface area contributed by atoms with E-state index >= 15 is 0 Å². The van der Waals surface area contributed by atoms with Crippen LogP contribution in [0.25, 0.3) is 0 Å². The lowest BCUT2D eigenvalue weighted by Crippen LogP contribution is -2.28. The molecule has 0 spiro atoms. The number of nitrogens with zero attached hydrogens (tertiary/aromatic N) is 1. The van der Waals surface area contributed by atoms with E-state index in [1.54, 1.807) is 0 Å². The van der Waals surface area contributed by atoms with Gasteiger partial charge in [0.05, 0.1) is 17.2 Å². The summed E-state index contributed by atoms with van der Waals surface area (Å²) in [5, 5.41) is 13.8. The minimum absolute atomic E-state index is 0.0865. The van der Waals surface area contributed by atoms with Crippen LogP contribution in [0.5, 0.6) is 0 Å². The zero-order valence-electron chi connectivity index (χ0n) is 10.6. The van der Waals surface area contributed by atoms with Gasteiger partial charge in [0.25, 0.3) is 5.91 Å². The predicted molar refractivity (Wildman–Crippen MR) is 70.9 cm³/mol. The number of carbonyl (C=O) groups is 1. The van der Waals surface area contributed by atoms with Crippen LogP contribution < -0.4 is 5.32 Å². The van der Waals surface area contributed by atoms with E-state index < -0.39 is 23.8 Å². The van der Waals surface area contributed by atoms with Crippen LogP contribution in [0.2, 0.25) is 0 Å². The number of amides is 1. The van der Waals surface area contributed by atoms with Crippen LogP contribution in [0.15, 0.2) is 35.2 Å². The standard InChI is InChI=1S/C13H11F3N2O2S/c14-13(15,16)9-3-1-2-8(4-9)11(19)5-17-12(20)10-6-21-7-18-10/h1-4,6-7,11,19H,5H2,(H,17,20). The number of benzene rings is 1. The summed E-state index contributed by atoms with van der Waals surface area (Å²) in [5.74, 6) is -0.484. The third-order valence-electron chi connectivity index (χ3n) is 2.72. The van der Waals surface area contributed by atoms with E-state index in [4.69, 9.17) is 0 Å². The number of hydrogen-bond donors (Lipinski definition) is 2. The van der Waals surface area contributed by atoms with Crippen molar-refractivity contribution in [2.75, 3.05) is 6.54 Å². The first-order valence-corrected chi connectivity index (χ1v) is 6.84. The molecule has 0 fully saturated rings. The highest BCUT2D eigenvalue weighted by molar-refractivity contribution is 7.07. The monoisotopic (exact) mass is 316 g/mol. The van der Waals surface area contributed by atoms with Gasteiger partial charge in [-0.2, -0.15) is 13.2 Å². The number of nitrogens with one attached hydrogen (secondary N) is 1. The predicted octanol–water partition coefficient (Wildman–Crippen LogP) is 2.63. The molecule has 1 aromatic carbocycles. The van der Waals surface area contributed by atoms with E-state index in [1.807, 2.05) is 0 Å². The molecule has 1 unspecified atom stereocenters. The minimum atomic E-state index is -4.47. The number of aliphatic hydroxyl groups excluding tert-OH is 1. The zero-order chi connectivity index (χ0) is 15.5. The molecule has 1 atom stereocenters. The Balaban J connectivity index is 2.00. The van der Waals surface area contributed by atoms with Crippen molar-refractivity contribution in [3.63, 3.8) is 0 Å². The van der Waals surface area contributed by atoms with E-state index in [0.717, 1.165) is 12.1 Å². The number of carbonyl (C=O) groups excluding carboxylic acids is 1. The van der Waals surface area contributed by atoms with Gasteiger partial charge in [0.2, 0.25) is 0 Å². The molecule has 2 N–H and O–H groups in total. The van der Waals surface area contributed by atoms with Crippen LogP contribution in [-0.4, -0.2) is 22.5 Å². The van der Waals surface area contributed by atoms with E-state index in [-0.39, 0.29) is 17.8 Å². The van der Waals surface area contributed by atoms with E-state index in [0.29, 0.717) is 0 Å². The third-order valence-corrected chi connectivity index (χ3v) is 3.31. The van der Waals surface area contributed by atoms with Crippen molar-refractivity contribution in [3.05, 3.63) is 52.0 Å². The Bertz CT molecular complexity index is 614. The number of halogens is 3. The highest BCUT2D eigenvalue weighted by Gasteiger charge is 2.30. The number of alkyl halides is 3. The SMILES string of the molecule is O=C(NCC(O)c1cccc(C(F)(F)F)c1)c1cscn1. The maximum Gasteiger partial charge on any atom is 0.416 e. The Morgan fingerprint density at radius 2 is 2.19 bits per heavy atom. The molecule has 112 valence electrons. The summed E-state index contributed by atoms with van der Waals surface area (Å²) in [5.41, 5.74) is 0.933. The van der Waals surface area contributed by atoms with Crippen molar-refractivity contribution in [1.82, 2.24) is 10.3 Å². The highest BCUT2D eigenvalue weighted by Crippen LogP contribution is 2.30. The first-order chi connectivity index (χ1) is 9.88. The second-order valence-corrected chi connectivity index (χ2v) is 4.94. The fourth-order valence-electron chi connectivity index (χ4n) is 1.64. The lowest BCUT2D eigenvalue weighted by atomic mass is 10.1. The van der Waals surface area contributed by atoms with Gasteiger partial charge >= 0.3 is 6.18 Å². The van der Waals surface area contributed by atoms with Gasteiger partial charge in [-0.15, -0.1) is 11.3 Å². The van der Waals surface area contributed by atoms with Crippen molar-refractivity contribution < 1.29 is 23.1 Å². The molecular weight excluding hydrogens is 305 g/mol. The van der Waals surface area contributed by atoms with Gasteiger partial charge in [-0.3, -0.25) is 4.79 Å². The van der Waals surface area contributed by atoms with Crippen LogP contribution >= 0.6 is 11.3 Å². The molecule has 0 aliphatic heterocycles. The molecule has 0 aliphatic rings. The second-order valence-electron chi connectivity index (χ2n) is 4.22. The Hall–Kier alpha value is -1.93. The van der Waals surface area contributed by atoms with E-state index in [2.05, 4.69) is 10.3 Å². The lowest BCUT2D eigenvalue weighted by Gasteiger charge is -2.14. The van der Waals surface area contributed by atoms with Crippen LogP contribution in [0.1, 0.15) is 27.7 Å². The summed E-state index contributed by atoms with van der Waals surface area (Å²) < 4.78 is 37.7. The van der Waals surface area contributed by atoms with Gasteiger partial charge in [0.15, 0.2) is 0 Å². The summed E-state index contributed by atoms with van der Waals surface area (Å²) in [4.78, 5) is 15.4. The Morgan fingerprint density at radius 1 is 1.43 bits per heavy atom. The molecule has 0 radical (unpaired) electrons. The molecule has 4 nitrogen and oxygen atoms in total. The normalized spacial score (nSPS) is 13.0. The molecule has 0 bridgehead atoms. The van der Waals surface area contributed by atoms with Crippen LogP contribution in [-0.2, 0) is 6.18 Å². The van der Waals surface area contributed by atoms with Gasteiger partial charge in [0.1, 0.15) is 5.69 Å². The summed E-state index contributed by atoms with van der Waals surface area (Å²) in [7, 11) is 0. The maximum absolute atomic E-state index is 12.6. The average molecular weight is 316 g/mol. The van der Waals surface area contributed by atoms with Gasteiger partial charge < -0.3 is 10.4 Å². The highest BCUT2D eigenvalue weighted by atomic mass is 32.1. The molecule has 8 heteroatoms. The van der Waals surface area contributed by atoms with Crippen LogP contribution in [0, 0.1) is 0 Å². The molecule has 1 aromatic heterocycles. The molecule has 1 amide bonds. The first kappa shape index (κ1) is 15.5. The van der Waals surface area contributed by atoms with Gasteiger partial charge in [-0.05, 0) is 17.7 Å². The Morgan fingerprint density at radius 3 is 2.81 bits per heavy atom. The largest absolute Gasteiger partial charge is 0.416 e. The van der Waals surface area contributed by atoms with Gasteiger partial charge in [-0.1, -0.05) is 12.1 Å². The molecule has 1 heterocycles. The fourth-order valence-corrected chi connectivity index (χ4v) is 2.18. The summed E-state index contributed by atoms with van der Waals surface area (Å²) in [6.07, 6.45) is -5.70. The molecule has 0 saturated heterocycles. The molecule has 2 rings (SSSR count). The van der Waals surface area contributed by atoms with Crippen molar-refractivity contribution in [1.29, 1.82) is 0 Å². The molecule has 0 saturated carbocycles. The summed E-state index contributed by atoms with van der Waals surface area (Å²) in [6.45, 7) is -0.197. The van der Waals surface area contributed by atoms with Gasteiger partial charge in [-0.25, -0.2) is 4.98 Å². The summed E-state index contributed by atoms with van der Waals surface area (Å²) in [6, 6.07) is 4.36. The van der Waals surface area contributed by atoms with Crippen LogP contribution in [0.3, 0.4) is 0 Å². The van der Waals surface area contributed by atoms with Crippen molar-refractivity contribution in [2.24, 2.45) is 0 Å². The minimum Gasteiger partial charge on any atom is -0.387 e. The quantitative estimate of drug-likeness (QED) is 0.911. The Kier molecular flexibility index (Phi) is 4.59. The topological polar surface area (TPSA) is 62.2 Å². The maximum atomic E-state index is 12.6. The Labute approximate surface area is 122 Å². The lowest BCUT2D eigenvalue weighted by molar-refractivity contribution is -0.137. The van der Waals surface area contributed by atoms with Crippen molar-refractivity contribution in [2.45, 2.75) is 12.3 Å². The van der Waals surface area contributed by atoms with Crippen molar-refractivity contribution >= 4 is 17.2 Å². The fraction of sp³-hybridized carbons (Fsp3) is 0.231. The average Bonchev–Trinajstić information content (AvgIpc) is 2.98. The number of rotatable bonds is 4. The third kappa shape index (κ3) is 4.02. The smallest absolute Gasteiger partial charge is 0.387 e. The first-order valence-electron chi connectivity index (χ1n) is 5.89. The number of aliphatic hydroxyl groups is 1. The summed E-state index contributed by atoms with van der Waals surface area (Å²) >= 11 is 1.24. The second kappa shape index (κ2) is 6.23. The zero-order valence-corrected chi connectivity index (χ0v) is 11.4. The number of thiazole rings is 1. The molecular formula is C13H11F3N2O2S. The number of aromatic nitrogens is 1.